The van der Waals surface area contributed by atoms with E-state index in [0.29, 0.717) is 17.0 Å². The van der Waals surface area contributed by atoms with Crippen LogP contribution in [0.15, 0.2) is 41.8 Å². The van der Waals surface area contributed by atoms with Crippen LogP contribution in [0.1, 0.15) is 36.0 Å². The standard InChI is InChI=1S/C20H24O5S/c1-4-23-20(22)25-15(3)14(2)12-16-8-5-6-9-18(16)24-13-17(21)19-10-7-11-26-19/h5-11,14-15H,4,12-13H2,1-3H3. The predicted octanol–water partition coefficient (Wildman–Crippen LogP) is 4.75. The fraction of sp³-hybridized carbons (Fsp3) is 0.400. The molecule has 0 N–H and O–H groups in total. The Hall–Kier alpha value is -2.34. The van der Waals surface area contributed by atoms with E-state index >= 15 is 0 Å². The molecule has 2 aromatic rings. The van der Waals surface area contributed by atoms with Crippen LogP contribution in [0.5, 0.6) is 5.75 Å². The average molecular weight is 376 g/mol. The summed E-state index contributed by atoms with van der Waals surface area (Å²) in [6.45, 7) is 5.86. The molecule has 0 aliphatic carbocycles. The van der Waals surface area contributed by atoms with Crippen molar-refractivity contribution in [1.29, 1.82) is 0 Å². The van der Waals surface area contributed by atoms with Crippen molar-refractivity contribution < 1.29 is 23.8 Å². The first-order chi connectivity index (χ1) is 12.5. The number of Topliss-reactive ketones (excluding diaryl/α,β-unsaturated/α-hetero) is 1. The third-order valence-corrected chi connectivity index (χ3v) is 4.93. The smallest absolute Gasteiger partial charge is 0.485 e. The molecule has 5 nitrogen and oxygen atoms in total. The van der Waals surface area contributed by atoms with Gasteiger partial charge in [-0.15, -0.1) is 11.3 Å². The first kappa shape index (κ1) is 20.0. The van der Waals surface area contributed by atoms with E-state index in [9.17, 15) is 9.59 Å². The van der Waals surface area contributed by atoms with Gasteiger partial charge in [-0.2, -0.15) is 0 Å². The lowest BCUT2D eigenvalue weighted by Gasteiger charge is -2.21. The number of carbonyl (C=O) groups is 2. The molecule has 1 aromatic carbocycles. The van der Waals surface area contributed by atoms with E-state index in [2.05, 4.69) is 0 Å². The molecule has 2 rings (SSSR count). The normalized spacial score (nSPS) is 12.9. The molecule has 0 radical (unpaired) electrons. The minimum absolute atomic E-state index is 0.000781. The number of thiophene rings is 1. The highest BCUT2D eigenvalue weighted by atomic mass is 32.1. The van der Waals surface area contributed by atoms with Gasteiger partial charge < -0.3 is 14.2 Å². The van der Waals surface area contributed by atoms with Crippen LogP contribution in [0.25, 0.3) is 0 Å². The molecule has 0 saturated carbocycles. The molecule has 26 heavy (non-hydrogen) atoms. The summed E-state index contributed by atoms with van der Waals surface area (Å²) < 4.78 is 15.8. The number of carbonyl (C=O) groups excluding carboxylic acids is 2. The Kier molecular flexibility index (Phi) is 7.66. The molecular formula is C20H24O5S. The molecule has 0 aliphatic heterocycles. The van der Waals surface area contributed by atoms with Gasteiger partial charge in [-0.3, -0.25) is 4.79 Å². The summed E-state index contributed by atoms with van der Waals surface area (Å²) >= 11 is 1.40. The second kappa shape index (κ2) is 9.97. The minimum atomic E-state index is -0.655. The second-order valence-electron chi connectivity index (χ2n) is 5.98. The number of ether oxygens (including phenoxy) is 3. The van der Waals surface area contributed by atoms with Gasteiger partial charge in [0.15, 0.2) is 6.61 Å². The molecule has 0 amide bonds. The third-order valence-electron chi connectivity index (χ3n) is 4.01. The van der Waals surface area contributed by atoms with Gasteiger partial charge in [-0.05, 0) is 49.3 Å². The van der Waals surface area contributed by atoms with Gasteiger partial charge in [0.1, 0.15) is 11.9 Å². The van der Waals surface area contributed by atoms with Crippen molar-refractivity contribution in [3.05, 3.63) is 52.2 Å². The first-order valence-electron chi connectivity index (χ1n) is 8.62. The molecule has 1 aromatic heterocycles. The SMILES string of the molecule is CCOC(=O)OC(C)C(C)Cc1ccccc1OCC(=O)c1cccs1. The van der Waals surface area contributed by atoms with E-state index in [4.69, 9.17) is 14.2 Å². The van der Waals surface area contributed by atoms with Crippen LogP contribution in [-0.2, 0) is 15.9 Å². The van der Waals surface area contributed by atoms with Crippen molar-refractivity contribution >= 4 is 23.3 Å². The van der Waals surface area contributed by atoms with Crippen molar-refractivity contribution in [2.75, 3.05) is 13.2 Å². The lowest BCUT2D eigenvalue weighted by molar-refractivity contribution is 0.0146. The molecule has 6 heteroatoms. The fourth-order valence-electron chi connectivity index (χ4n) is 2.40. The maximum Gasteiger partial charge on any atom is 0.508 e. The number of ketones is 1. The Labute approximate surface area is 157 Å². The van der Waals surface area contributed by atoms with E-state index in [1.54, 1.807) is 13.0 Å². The zero-order chi connectivity index (χ0) is 18.9. The molecule has 1 heterocycles. The Bertz CT molecular complexity index is 711. The molecular weight excluding hydrogens is 352 g/mol. The molecule has 2 unspecified atom stereocenters. The van der Waals surface area contributed by atoms with Crippen LogP contribution in [0.4, 0.5) is 4.79 Å². The van der Waals surface area contributed by atoms with Crippen molar-refractivity contribution in [3.8, 4) is 5.75 Å². The maximum absolute atomic E-state index is 12.1. The topological polar surface area (TPSA) is 61.8 Å². The highest BCUT2D eigenvalue weighted by molar-refractivity contribution is 7.12. The zero-order valence-electron chi connectivity index (χ0n) is 15.3. The molecule has 2 atom stereocenters. The number of rotatable bonds is 9. The summed E-state index contributed by atoms with van der Waals surface area (Å²) in [5, 5.41) is 1.87. The quantitative estimate of drug-likeness (QED) is 0.467. The van der Waals surface area contributed by atoms with Crippen LogP contribution in [-0.4, -0.2) is 31.3 Å². The largest absolute Gasteiger partial charge is 0.508 e. The molecule has 0 spiro atoms. The monoisotopic (exact) mass is 376 g/mol. The molecule has 0 bridgehead atoms. The average Bonchev–Trinajstić information content (AvgIpc) is 3.15. The second-order valence-corrected chi connectivity index (χ2v) is 6.93. The van der Waals surface area contributed by atoms with E-state index in [1.807, 2.05) is 49.6 Å². The lowest BCUT2D eigenvalue weighted by atomic mass is 9.96. The Morgan fingerprint density at radius 2 is 1.88 bits per heavy atom. The van der Waals surface area contributed by atoms with Crippen LogP contribution in [0, 0.1) is 5.92 Å². The lowest BCUT2D eigenvalue weighted by Crippen LogP contribution is -2.24. The first-order valence-corrected chi connectivity index (χ1v) is 9.50. The van der Waals surface area contributed by atoms with Gasteiger partial charge in [0, 0.05) is 0 Å². The Balaban J connectivity index is 1.95. The molecule has 140 valence electrons. The summed E-state index contributed by atoms with van der Waals surface area (Å²) in [6.07, 6.45) is -0.294. The Morgan fingerprint density at radius 1 is 1.12 bits per heavy atom. The third kappa shape index (κ3) is 5.88. The highest BCUT2D eigenvalue weighted by Gasteiger charge is 2.20. The zero-order valence-corrected chi connectivity index (χ0v) is 16.1. The van der Waals surface area contributed by atoms with Crippen molar-refractivity contribution in [2.24, 2.45) is 5.92 Å². The summed E-state index contributed by atoms with van der Waals surface area (Å²) in [5.74, 6) is 0.701. The van der Waals surface area contributed by atoms with E-state index in [0.717, 1.165) is 5.56 Å². The predicted molar refractivity (Wildman–Crippen MR) is 101 cm³/mol. The fourth-order valence-corrected chi connectivity index (χ4v) is 3.05. The number of hydrogen-bond acceptors (Lipinski definition) is 6. The van der Waals surface area contributed by atoms with E-state index < -0.39 is 6.16 Å². The minimum Gasteiger partial charge on any atom is -0.485 e. The highest BCUT2D eigenvalue weighted by Crippen LogP contribution is 2.24. The van der Waals surface area contributed by atoms with Crippen LogP contribution < -0.4 is 4.74 Å². The summed E-state index contributed by atoms with van der Waals surface area (Å²) in [4.78, 5) is 24.3. The summed E-state index contributed by atoms with van der Waals surface area (Å²) in [7, 11) is 0. The van der Waals surface area contributed by atoms with Crippen molar-refractivity contribution in [3.63, 3.8) is 0 Å². The van der Waals surface area contributed by atoms with Crippen molar-refractivity contribution in [2.45, 2.75) is 33.3 Å². The van der Waals surface area contributed by atoms with E-state index in [1.165, 1.54) is 11.3 Å². The van der Waals surface area contributed by atoms with Crippen LogP contribution in [0.3, 0.4) is 0 Å². The number of hydrogen-bond donors (Lipinski definition) is 0. The van der Waals surface area contributed by atoms with Gasteiger partial charge in [-0.1, -0.05) is 31.2 Å². The van der Waals surface area contributed by atoms with Gasteiger partial charge in [0.05, 0.1) is 11.5 Å². The van der Waals surface area contributed by atoms with Gasteiger partial charge in [-0.25, -0.2) is 4.79 Å². The molecule has 0 fully saturated rings. The Morgan fingerprint density at radius 3 is 2.58 bits per heavy atom. The molecule has 0 aliphatic rings. The van der Waals surface area contributed by atoms with Crippen LogP contribution >= 0.6 is 11.3 Å². The number of para-hydroxylation sites is 1. The van der Waals surface area contributed by atoms with Gasteiger partial charge >= 0.3 is 6.16 Å². The van der Waals surface area contributed by atoms with Gasteiger partial charge in [0.25, 0.3) is 0 Å². The van der Waals surface area contributed by atoms with Crippen LogP contribution in [0.2, 0.25) is 0 Å². The maximum atomic E-state index is 12.1. The molecule has 0 saturated heterocycles. The van der Waals surface area contributed by atoms with Gasteiger partial charge in [0.2, 0.25) is 5.78 Å². The van der Waals surface area contributed by atoms with Crippen molar-refractivity contribution in [1.82, 2.24) is 0 Å². The number of benzene rings is 1. The summed E-state index contributed by atoms with van der Waals surface area (Å²) in [6, 6.07) is 11.2. The van der Waals surface area contributed by atoms with E-state index in [-0.39, 0.29) is 31.0 Å². The summed E-state index contributed by atoms with van der Waals surface area (Å²) in [5.41, 5.74) is 0.971.